The van der Waals surface area contributed by atoms with E-state index >= 15 is 0 Å². The third kappa shape index (κ3) is 3.78. The van der Waals surface area contributed by atoms with Crippen LogP contribution in [0.5, 0.6) is 5.75 Å². The van der Waals surface area contributed by atoms with Gasteiger partial charge in [0.2, 0.25) is 0 Å². The maximum atomic E-state index is 12.1. The molecule has 1 fully saturated rings. The predicted molar refractivity (Wildman–Crippen MR) is 90.0 cm³/mol. The number of pyridine rings is 1. The van der Waals surface area contributed by atoms with E-state index in [2.05, 4.69) is 27.1 Å². The van der Waals surface area contributed by atoms with Gasteiger partial charge in [0.25, 0.3) is 5.91 Å². The van der Waals surface area contributed by atoms with Crippen molar-refractivity contribution in [3.63, 3.8) is 0 Å². The number of carbonyl (C=O) groups excluding carboxylic acids is 1. The maximum absolute atomic E-state index is 12.1. The van der Waals surface area contributed by atoms with E-state index in [0.717, 1.165) is 37.6 Å². The molecule has 0 bridgehead atoms. The molecule has 1 saturated heterocycles. The minimum Gasteiger partial charge on any atom is -0.506 e. The number of anilines is 2. The Hall–Kier alpha value is -2.60. The molecule has 0 radical (unpaired) electrons. The van der Waals surface area contributed by atoms with Crippen LogP contribution in [-0.4, -0.2) is 54.1 Å². The van der Waals surface area contributed by atoms with Crippen LogP contribution in [0.3, 0.4) is 0 Å². The number of piperazine rings is 1. The van der Waals surface area contributed by atoms with Crippen LogP contribution < -0.4 is 10.2 Å². The lowest BCUT2D eigenvalue weighted by atomic mass is 10.2. The zero-order chi connectivity index (χ0) is 16.2. The highest BCUT2D eigenvalue weighted by Crippen LogP contribution is 2.20. The van der Waals surface area contributed by atoms with Crippen LogP contribution >= 0.6 is 0 Å². The second-order valence-corrected chi connectivity index (χ2v) is 5.72. The third-order valence-corrected chi connectivity index (χ3v) is 3.98. The van der Waals surface area contributed by atoms with Gasteiger partial charge in [0, 0.05) is 43.8 Å². The number of likely N-dealkylation sites (N-methyl/N-ethyl adjacent to an activating group) is 1. The first-order valence-electron chi connectivity index (χ1n) is 7.61. The standard InChI is InChI=1S/C17H20N4O2/c1-20-6-8-21(9-7-20)15-4-2-14(3-5-15)19-17(23)13-10-16(22)12-18-11-13/h2-5,10-12,22H,6-9H2,1H3,(H,19,23). The minimum absolute atomic E-state index is 0.0249. The van der Waals surface area contributed by atoms with Crippen LogP contribution in [-0.2, 0) is 0 Å². The van der Waals surface area contributed by atoms with Crippen molar-refractivity contribution in [1.29, 1.82) is 0 Å². The van der Waals surface area contributed by atoms with Gasteiger partial charge in [-0.05, 0) is 37.4 Å². The molecule has 0 spiro atoms. The number of carbonyl (C=O) groups is 1. The van der Waals surface area contributed by atoms with Gasteiger partial charge in [-0.25, -0.2) is 0 Å². The van der Waals surface area contributed by atoms with Gasteiger partial charge in [0.05, 0.1) is 11.8 Å². The summed E-state index contributed by atoms with van der Waals surface area (Å²) in [5, 5.41) is 12.2. The van der Waals surface area contributed by atoms with Gasteiger partial charge in [0.15, 0.2) is 0 Å². The molecule has 0 unspecified atom stereocenters. The Kier molecular flexibility index (Phi) is 4.43. The van der Waals surface area contributed by atoms with Crippen LogP contribution in [0.2, 0.25) is 0 Å². The molecule has 1 aliphatic rings. The van der Waals surface area contributed by atoms with E-state index in [1.165, 1.54) is 18.5 Å². The summed E-state index contributed by atoms with van der Waals surface area (Å²) in [7, 11) is 2.13. The lowest BCUT2D eigenvalue weighted by Gasteiger charge is -2.34. The number of aromatic hydroxyl groups is 1. The topological polar surface area (TPSA) is 68.7 Å². The SMILES string of the molecule is CN1CCN(c2ccc(NC(=O)c3cncc(O)c3)cc2)CC1. The van der Waals surface area contributed by atoms with Crippen molar-refractivity contribution in [2.45, 2.75) is 0 Å². The van der Waals surface area contributed by atoms with Crippen LogP contribution in [0.4, 0.5) is 11.4 Å². The molecule has 3 rings (SSSR count). The average Bonchev–Trinajstić information content (AvgIpc) is 2.56. The quantitative estimate of drug-likeness (QED) is 0.904. The van der Waals surface area contributed by atoms with E-state index in [1.807, 2.05) is 24.3 Å². The largest absolute Gasteiger partial charge is 0.506 e. The number of hydrogen-bond donors (Lipinski definition) is 2. The summed E-state index contributed by atoms with van der Waals surface area (Å²) in [5.74, 6) is -0.316. The molecule has 1 amide bonds. The zero-order valence-corrected chi connectivity index (χ0v) is 13.1. The zero-order valence-electron chi connectivity index (χ0n) is 13.1. The molecule has 2 aromatic rings. The van der Waals surface area contributed by atoms with Gasteiger partial charge < -0.3 is 20.2 Å². The Morgan fingerprint density at radius 1 is 1.13 bits per heavy atom. The predicted octanol–water partition coefficient (Wildman–Crippen LogP) is 1.79. The molecule has 1 aromatic carbocycles. The maximum Gasteiger partial charge on any atom is 0.257 e. The molecular formula is C17H20N4O2. The van der Waals surface area contributed by atoms with Crippen molar-refractivity contribution in [2.75, 3.05) is 43.4 Å². The van der Waals surface area contributed by atoms with E-state index < -0.39 is 0 Å². The van der Waals surface area contributed by atoms with E-state index in [1.54, 1.807) is 0 Å². The number of nitrogens with zero attached hydrogens (tertiary/aromatic N) is 3. The van der Waals surface area contributed by atoms with E-state index in [4.69, 9.17) is 0 Å². The molecule has 23 heavy (non-hydrogen) atoms. The van der Waals surface area contributed by atoms with Crippen molar-refractivity contribution in [3.8, 4) is 5.75 Å². The van der Waals surface area contributed by atoms with Crippen LogP contribution in [0.25, 0.3) is 0 Å². The summed E-state index contributed by atoms with van der Waals surface area (Å²) >= 11 is 0. The van der Waals surface area contributed by atoms with Gasteiger partial charge in [-0.2, -0.15) is 0 Å². The first-order valence-corrected chi connectivity index (χ1v) is 7.61. The Morgan fingerprint density at radius 2 is 1.83 bits per heavy atom. The van der Waals surface area contributed by atoms with E-state index in [0.29, 0.717) is 5.56 Å². The lowest BCUT2D eigenvalue weighted by Crippen LogP contribution is -2.44. The highest BCUT2D eigenvalue weighted by Gasteiger charge is 2.14. The van der Waals surface area contributed by atoms with E-state index in [-0.39, 0.29) is 11.7 Å². The monoisotopic (exact) mass is 312 g/mol. The van der Waals surface area contributed by atoms with Crippen LogP contribution in [0.15, 0.2) is 42.7 Å². The number of rotatable bonds is 3. The Bertz CT molecular complexity index is 679. The minimum atomic E-state index is -0.291. The Balaban J connectivity index is 1.64. The smallest absolute Gasteiger partial charge is 0.257 e. The number of benzene rings is 1. The molecular weight excluding hydrogens is 292 g/mol. The molecule has 0 aliphatic carbocycles. The molecule has 120 valence electrons. The number of amides is 1. The number of hydrogen-bond acceptors (Lipinski definition) is 5. The molecule has 6 heteroatoms. The Labute approximate surface area is 135 Å². The van der Waals surface area contributed by atoms with Crippen LogP contribution in [0.1, 0.15) is 10.4 Å². The lowest BCUT2D eigenvalue weighted by molar-refractivity contribution is 0.102. The van der Waals surface area contributed by atoms with E-state index in [9.17, 15) is 9.90 Å². The highest BCUT2D eigenvalue weighted by atomic mass is 16.3. The first-order chi connectivity index (χ1) is 11.1. The molecule has 0 atom stereocenters. The fourth-order valence-electron chi connectivity index (χ4n) is 2.58. The van der Waals surface area contributed by atoms with Crippen molar-refractivity contribution in [1.82, 2.24) is 9.88 Å². The summed E-state index contributed by atoms with van der Waals surface area (Å²) in [6.45, 7) is 4.14. The van der Waals surface area contributed by atoms with Gasteiger partial charge in [-0.1, -0.05) is 0 Å². The highest BCUT2D eigenvalue weighted by molar-refractivity contribution is 6.04. The van der Waals surface area contributed by atoms with Gasteiger partial charge >= 0.3 is 0 Å². The normalized spacial score (nSPS) is 15.4. The second kappa shape index (κ2) is 6.66. The molecule has 6 nitrogen and oxygen atoms in total. The van der Waals surface area contributed by atoms with Gasteiger partial charge in [-0.3, -0.25) is 9.78 Å². The molecule has 0 saturated carbocycles. The first kappa shape index (κ1) is 15.3. The number of aromatic nitrogens is 1. The molecule has 2 N–H and O–H groups in total. The summed E-state index contributed by atoms with van der Waals surface area (Å²) in [6, 6.07) is 9.20. The number of nitrogens with one attached hydrogen (secondary N) is 1. The third-order valence-electron chi connectivity index (χ3n) is 3.98. The summed E-state index contributed by atoms with van der Waals surface area (Å²) in [6.07, 6.45) is 2.72. The van der Waals surface area contributed by atoms with Crippen molar-refractivity contribution < 1.29 is 9.90 Å². The Morgan fingerprint density at radius 3 is 2.48 bits per heavy atom. The average molecular weight is 312 g/mol. The fourth-order valence-corrected chi connectivity index (χ4v) is 2.58. The van der Waals surface area contributed by atoms with Gasteiger partial charge in [-0.15, -0.1) is 0 Å². The molecule has 1 aliphatic heterocycles. The summed E-state index contributed by atoms with van der Waals surface area (Å²) < 4.78 is 0. The summed E-state index contributed by atoms with van der Waals surface area (Å²) in [5.41, 5.74) is 2.21. The molecule has 1 aromatic heterocycles. The van der Waals surface area contributed by atoms with Crippen LogP contribution in [0, 0.1) is 0 Å². The van der Waals surface area contributed by atoms with Crippen molar-refractivity contribution in [2.24, 2.45) is 0 Å². The van der Waals surface area contributed by atoms with Crippen molar-refractivity contribution in [3.05, 3.63) is 48.3 Å². The molecule has 2 heterocycles. The van der Waals surface area contributed by atoms with Crippen molar-refractivity contribution >= 4 is 17.3 Å². The fraction of sp³-hybridized carbons (Fsp3) is 0.294. The summed E-state index contributed by atoms with van der Waals surface area (Å²) in [4.78, 5) is 20.6. The van der Waals surface area contributed by atoms with Gasteiger partial charge in [0.1, 0.15) is 5.75 Å². The second-order valence-electron chi connectivity index (χ2n) is 5.72.